The zero-order valence-electron chi connectivity index (χ0n) is 18.3. The fraction of sp³-hybridized carbons (Fsp3) is 0.208. The van der Waals surface area contributed by atoms with Crippen molar-refractivity contribution in [1.82, 2.24) is 4.90 Å². The molecule has 0 spiro atoms. The third-order valence-electron chi connectivity index (χ3n) is 5.52. The van der Waals surface area contributed by atoms with E-state index in [1.54, 1.807) is 12.1 Å². The summed E-state index contributed by atoms with van der Waals surface area (Å²) in [7, 11) is 0. The summed E-state index contributed by atoms with van der Waals surface area (Å²) < 4.78 is 28.3. The van der Waals surface area contributed by atoms with Crippen LogP contribution in [0.5, 0.6) is 0 Å². The number of benzene rings is 2. The minimum atomic E-state index is -1.16. The van der Waals surface area contributed by atoms with Crippen LogP contribution in [-0.2, 0) is 20.8 Å². The zero-order valence-corrected chi connectivity index (χ0v) is 21.6. The molecule has 182 valence electrons. The van der Waals surface area contributed by atoms with Crippen molar-refractivity contribution in [3.63, 3.8) is 0 Å². The Balaban J connectivity index is 1.80. The van der Waals surface area contributed by atoms with Gasteiger partial charge in [0, 0.05) is 25.7 Å². The Hall–Kier alpha value is -2.76. The number of nitrogens with one attached hydrogen (secondary N) is 1. The molecule has 11 heteroatoms. The van der Waals surface area contributed by atoms with Crippen molar-refractivity contribution in [3.05, 3.63) is 80.5 Å². The van der Waals surface area contributed by atoms with Gasteiger partial charge in [-0.2, -0.15) is 0 Å². The SMILES string of the molecule is CC(C(N)=O)N(C(=O)Cc1cc(F)cc(F)c1)[C@@H]1C(=O)Nc2ccccc2S[C@@H]1c1cc(Br)cs1. The lowest BCUT2D eigenvalue weighted by Crippen LogP contribution is -2.57. The lowest BCUT2D eigenvalue weighted by atomic mass is 10.0. The van der Waals surface area contributed by atoms with Crippen LogP contribution in [0.25, 0.3) is 0 Å². The Morgan fingerprint density at radius 3 is 2.49 bits per heavy atom. The first-order valence-electron chi connectivity index (χ1n) is 10.5. The second-order valence-corrected chi connectivity index (χ2v) is 11.0. The molecule has 0 aliphatic carbocycles. The van der Waals surface area contributed by atoms with E-state index in [1.807, 2.05) is 23.6 Å². The van der Waals surface area contributed by atoms with Crippen LogP contribution in [0.3, 0.4) is 0 Å². The van der Waals surface area contributed by atoms with E-state index in [1.165, 1.54) is 30.0 Å². The summed E-state index contributed by atoms with van der Waals surface area (Å²) in [6.45, 7) is 1.43. The molecular formula is C24H20BrF2N3O3S2. The van der Waals surface area contributed by atoms with Crippen molar-refractivity contribution in [2.24, 2.45) is 5.73 Å². The molecule has 35 heavy (non-hydrogen) atoms. The van der Waals surface area contributed by atoms with E-state index < -0.39 is 53.1 Å². The molecule has 3 amide bonds. The van der Waals surface area contributed by atoms with E-state index in [0.29, 0.717) is 11.8 Å². The summed E-state index contributed by atoms with van der Waals surface area (Å²) in [6.07, 6.45) is -0.422. The molecule has 1 aliphatic heterocycles. The Morgan fingerprint density at radius 2 is 1.86 bits per heavy atom. The smallest absolute Gasteiger partial charge is 0.248 e. The molecular weight excluding hydrogens is 560 g/mol. The summed E-state index contributed by atoms with van der Waals surface area (Å²) in [6, 6.07) is 9.58. The number of nitrogens with two attached hydrogens (primary N) is 1. The van der Waals surface area contributed by atoms with Crippen LogP contribution in [0.2, 0.25) is 0 Å². The van der Waals surface area contributed by atoms with Crippen LogP contribution in [0.1, 0.15) is 22.6 Å². The molecule has 0 bridgehead atoms. The zero-order chi connectivity index (χ0) is 25.3. The van der Waals surface area contributed by atoms with Gasteiger partial charge in [-0.3, -0.25) is 14.4 Å². The van der Waals surface area contributed by atoms with Gasteiger partial charge in [0.25, 0.3) is 0 Å². The van der Waals surface area contributed by atoms with Crippen LogP contribution in [0.4, 0.5) is 14.5 Å². The summed E-state index contributed by atoms with van der Waals surface area (Å²) in [5, 5.41) is 4.14. The Morgan fingerprint density at radius 1 is 1.17 bits per heavy atom. The number of hydrogen-bond donors (Lipinski definition) is 2. The van der Waals surface area contributed by atoms with E-state index in [4.69, 9.17) is 5.73 Å². The van der Waals surface area contributed by atoms with Gasteiger partial charge in [0.15, 0.2) is 0 Å². The molecule has 1 unspecified atom stereocenters. The summed E-state index contributed by atoms with van der Waals surface area (Å²) in [5.74, 6) is -3.63. The molecule has 2 aromatic carbocycles. The van der Waals surface area contributed by atoms with Gasteiger partial charge in [-0.15, -0.1) is 23.1 Å². The van der Waals surface area contributed by atoms with Crippen molar-refractivity contribution < 1.29 is 23.2 Å². The number of thioether (sulfide) groups is 1. The number of primary amides is 1. The molecule has 4 rings (SSSR count). The van der Waals surface area contributed by atoms with E-state index in [-0.39, 0.29) is 5.56 Å². The van der Waals surface area contributed by atoms with Crippen LogP contribution < -0.4 is 11.1 Å². The Labute approximate surface area is 217 Å². The average Bonchev–Trinajstić information content (AvgIpc) is 3.15. The number of carbonyl (C=O) groups is 3. The number of anilines is 1. The van der Waals surface area contributed by atoms with Gasteiger partial charge in [0.1, 0.15) is 23.7 Å². The molecule has 1 aliphatic rings. The molecule has 0 saturated heterocycles. The first-order valence-corrected chi connectivity index (χ1v) is 13.0. The maximum atomic E-state index is 13.8. The largest absolute Gasteiger partial charge is 0.368 e. The second kappa shape index (κ2) is 10.5. The van der Waals surface area contributed by atoms with E-state index >= 15 is 0 Å². The number of halogens is 3. The van der Waals surface area contributed by atoms with Crippen LogP contribution in [-0.4, -0.2) is 34.7 Å². The molecule has 2 heterocycles. The highest BCUT2D eigenvalue weighted by molar-refractivity contribution is 9.10. The number of rotatable bonds is 6. The van der Waals surface area contributed by atoms with Crippen LogP contribution in [0, 0.1) is 11.6 Å². The minimum Gasteiger partial charge on any atom is -0.368 e. The van der Waals surface area contributed by atoms with Crippen molar-refractivity contribution in [2.45, 2.75) is 35.6 Å². The van der Waals surface area contributed by atoms with Crippen LogP contribution >= 0.6 is 39.0 Å². The fourth-order valence-electron chi connectivity index (χ4n) is 3.91. The van der Waals surface area contributed by atoms with Gasteiger partial charge >= 0.3 is 0 Å². The van der Waals surface area contributed by atoms with Crippen molar-refractivity contribution in [1.29, 1.82) is 0 Å². The molecule has 0 fully saturated rings. The standard InChI is InChI=1S/C24H20BrF2N3O3S2/c1-12(23(28)32)30(20(31)8-13-6-15(26)10-16(27)7-13)21-22(19-9-14(25)11-34-19)35-18-5-3-2-4-17(18)29-24(21)33/h2-7,9-12,21-22H,8H2,1H3,(H2,28,32)(H,29,33)/t12?,21-,22+/m0/s1. The third kappa shape index (κ3) is 5.57. The van der Waals surface area contributed by atoms with E-state index in [0.717, 1.165) is 31.3 Å². The van der Waals surface area contributed by atoms with Gasteiger partial charge < -0.3 is 16.0 Å². The minimum absolute atomic E-state index is 0.0783. The van der Waals surface area contributed by atoms with Crippen molar-refractivity contribution in [3.8, 4) is 0 Å². The lowest BCUT2D eigenvalue weighted by molar-refractivity contribution is -0.144. The lowest BCUT2D eigenvalue weighted by Gasteiger charge is -2.37. The molecule has 0 saturated carbocycles. The van der Waals surface area contributed by atoms with E-state index in [2.05, 4.69) is 21.2 Å². The monoisotopic (exact) mass is 579 g/mol. The number of hydrogen-bond acceptors (Lipinski definition) is 5. The molecule has 3 aromatic rings. The van der Waals surface area contributed by atoms with Gasteiger partial charge in [0.2, 0.25) is 17.7 Å². The second-order valence-electron chi connectivity index (χ2n) is 7.97. The highest BCUT2D eigenvalue weighted by atomic mass is 79.9. The summed E-state index contributed by atoms with van der Waals surface area (Å²) in [5.41, 5.74) is 6.24. The molecule has 1 aromatic heterocycles. The predicted molar refractivity (Wildman–Crippen MR) is 135 cm³/mol. The number of carbonyl (C=O) groups excluding carboxylic acids is 3. The average molecular weight is 580 g/mol. The number of para-hydroxylation sites is 1. The third-order valence-corrected chi connectivity index (χ3v) is 8.82. The maximum absolute atomic E-state index is 13.8. The van der Waals surface area contributed by atoms with Gasteiger partial charge in [0.05, 0.1) is 17.4 Å². The van der Waals surface area contributed by atoms with Gasteiger partial charge in [-0.05, 0) is 58.7 Å². The quantitative estimate of drug-likeness (QED) is 0.435. The van der Waals surface area contributed by atoms with Gasteiger partial charge in [-0.25, -0.2) is 8.78 Å². The number of amides is 3. The maximum Gasteiger partial charge on any atom is 0.248 e. The predicted octanol–water partition coefficient (Wildman–Crippen LogP) is 4.89. The van der Waals surface area contributed by atoms with Gasteiger partial charge in [-0.1, -0.05) is 12.1 Å². The molecule has 3 atom stereocenters. The van der Waals surface area contributed by atoms with Crippen molar-refractivity contribution in [2.75, 3.05) is 5.32 Å². The van der Waals surface area contributed by atoms with Crippen molar-refractivity contribution >= 4 is 62.4 Å². The van der Waals surface area contributed by atoms with Crippen LogP contribution in [0.15, 0.2) is 63.3 Å². The number of thiophene rings is 1. The highest BCUT2D eigenvalue weighted by Gasteiger charge is 2.44. The first kappa shape index (κ1) is 25.3. The topological polar surface area (TPSA) is 92.5 Å². The Kier molecular flexibility index (Phi) is 7.58. The first-order chi connectivity index (χ1) is 16.6. The number of nitrogens with zero attached hydrogens (tertiary/aromatic N) is 1. The fourth-order valence-corrected chi connectivity index (χ4v) is 6.92. The molecule has 3 N–H and O–H groups in total. The Bertz CT molecular complexity index is 1280. The number of fused-ring (bicyclic) bond motifs is 1. The highest BCUT2D eigenvalue weighted by Crippen LogP contribution is 2.47. The summed E-state index contributed by atoms with van der Waals surface area (Å²) in [4.78, 5) is 42.2. The summed E-state index contributed by atoms with van der Waals surface area (Å²) >= 11 is 6.22. The van der Waals surface area contributed by atoms with E-state index in [9.17, 15) is 23.2 Å². The molecule has 6 nitrogen and oxygen atoms in total. The normalized spacial score (nSPS) is 18.2. The molecule has 0 radical (unpaired) electrons.